The number of ketones is 1. The summed E-state index contributed by atoms with van der Waals surface area (Å²) in [6, 6.07) is 11.8. The molecular formula is C17H19N5OS. The maximum Gasteiger partial charge on any atom is 0.214 e. The molecule has 0 saturated heterocycles. The summed E-state index contributed by atoms with van der Waals surface area (Å²) in [5.41, 5.74) is 2.81. The van der Waals surface area contributed by atoms with Gasteiger partial charge >= 0.3 is 0 Å². The van der Waals surface area contributed by atoms with E-state index >= 15 is 0 Å². The molecule has 24 heavy (non-hydrogen) atoms. The Morgan fingerprint density at radius 2 is 2.08 bits per heavy atom. The van der Waals surface area contributed by atoms with Gasteiger partial charge in [0, 0.05) is 6.20 Å². The van der Waals surface area contributed by atoms with Crippen LogP contribution in [0.15, 0.2) is 47.8 Å². The number of nitrogens with one attached hydrogen (secondary N) is 1. The minimum Gasteiger partial charge on any atom is -0.359 e. The Morgan fingerprint density at radius 3 is 2.79 bits per heavy atom. The normalized spacial score (nSPS) is 10.9. The third-order valence-corrected chi connectivity index (χ3v) is 4.59. The second-order valence-electron chi connectivity index (χ2n) is 5.44. The van der Waals surface area contributed by atoms with E-state index in [1.807, 2.05) is 18.2 Å². The van der Waals surface area contributed by atoms with Gasteiger partial charge in [-0.05, 0) is 53.1 Å². The summed E-state index contributed by atoms with van der Waals surface area (Å²) in [5.74, 6) is 0.310. The number of carbonyl (C=O) groups excluding carboxylic acids is 1. The molecular weight excluding hydrogens is 322 g/mol. The number of carbonyl (C=O) groups is 1. The summed E-state index contributed by atoms with van der Waals surface area (Å²) >= 11 is 1.33. The first-order valence-corrected chi connectivity index (χ1v) is 8.93. The van der Waals surface area contributed by atoms with Crippen molar-refractivity contribution in [1.29, 1.82) is 0 Å². The number of hydrogen-bond acceptors (Lipinski definition) is 5. The van der Waals surface area contributed by atoms with Crippen LogP contribution in [0.25, 0.3) is 5.69 Å². The van der Waals surface area contributed by atoms with Crippen molar-refractivity contribution in [3.63, 3.8) is 0 Å². The lowest BCUT2D eigenvalue weighted by Gasteiger charge is -2.05. The SMILES string of the molecule is CCCCc1ccc(-n2nnnc2SCC(=O)c2ccc[nH]2)cc1. The molecule has 0 aliphatic carbocycles. The van der Waals surface area contributed by atoms with Crippen molar-refractivity contribution < 1.29 is 4.79 Å². The third-order valence-electron chi connectivity index (χ3n) is 3.67. The summed E-state index contributed by atoms with van der Waals surface area (Å²) in [6.45, 7) is 2.19. The molecule has 0 radical (unpaired) electrons. The quantitative estimate of drug-likeness (QED) is 0.502. The predicted octanol–water partition coefficient (Wildman–Crippen LogP) is 3.31. The number of hydrogen-bond donors (Lipinski definition) is 1. The number of aryl methyl sites for hydroxylation is 1. The van der Waals surface area contributed by atoms with Crippen LogP contribution in [0.3, 0.4) is 0 Å². The molecule has 1 aromatic carbocycles. The zero-order valence-electron chi connectivity index (χ0n) is 13.5. The maximum absolute atomic E-state index is 12.1. The molecule has 0 amide bonds. The van der Waals surface area contributed by atoms with Crippen LogP contribution in [-0.4, -0.2) is 36.7 Å². The standard InChI is InChI=1S/C17H19N5OS/c1-2-3-5-13-7-9-14(10-8-13)22-17(19-20-21-22)24-12-16(23)15-6-4-11-18-15/h4,6-11,18H,2-3,5,12H2,1H3. The van der Waals surface area contributed by atoms with Gasteiger partial charge in [-0.3, -0.25) is 4.79 Å². The zero-order chi connectivity index (χ0) is 16.8. The van der Waals surface area contributed by atoms with Crippen molar-refractivity contribution >= 4 is 17.5 Å². The molecule has 1 N–H and O–H groups in total. The predicted molar refractivity (Wildman–Crippen MR) is 93.6 cm³/mol. The Kier molecular flexibility index (Phi) is 5.43. The number of unbranched alkanes of at least 4 members (excludes halogenated alkanes) is 1. The highest BCUT2D eigenvalue weighted by molar-refractivity contribution is 7.99. The molecule has 2 aromatic heterocycles. The molecule has 2 heterocycles. The Bertz CT molecular complexity index is 780. The van der Waals surface area contributed by atoms with Gasteiger partial charge in [0.1, 0.15) is 0 Å². The van der Waals surface area contributed by atoms with E-state index in [2.05, 4.69) is 39.6 Å². The van der Waals surface area contributed by atoms with Crippen molar-refractivity contribution in [2.45, 2.75) is 31.3 Å². The fourth-order valence-electron chi connectivity index (χ4n) is 2.33. The van der Waals surface area contributed by atoms with E-state index in [1.165, 1.54) is 30.2 Å². The molecule has 7 heteroatoms. The lowest BCUT2D eigenvalue weighted by Crippen LogP contribution is -2.05. The van der Waals surface area contributed by atoms with Gasteiger partial charge in [-0.1, -0.05) is 37.2 Å². The van der Waals surface area contributed by atoms with Gasteiger partial charge in [0.25, 0.3) is 0 Å². The Hall–Kier alpha value is -2.41. The number of thioether (sulfide) groups is 1. The summed E-state index contributed by atoms with van der Waals surface area (Å²) in [5, 5.41) is 12.4. The van der Waals surface area contributed by atoms with Crippen LogP contribution in [0.5, 0.6) is 0 Å². The van der Waals surface area contributed by atoms with Crippen molar-refractivity contribution in [3.05, 3.63) is 53.9 Å². The zero-order valence-corrected chi connectivity index (χ0v) is 14.3. The van der Waals surface area contributed by atoms with E-state index in [4.69, 9.17) is 0 Å². The molecule has 3 aromatic rings. The van der Waals surface area contributed by atoms with E-state index in [-0.39, 0.29) is 11.5 Å². The fraction of sp³-hybridized carbons (Fsp3) is 0.294. The Balaban J connectivity index is 1.67. The first-order valence-electron chi connectivity index (χ1n) is 7.95. The summed E-state index contributed by atoms with van der Waals surface area (Å²) in [6.07, 6.45) is 5.19. The Morgan fingerprint density at radius 1 is 1.25 bits per heavy atom. The summed E-state index contributed by atoms with van der Waals surface area (Å²) in [7, 11) is 0. The first-order chi connectivity index (χ1) is 11.8. The lowest BCUT2D eigenvalue weighted by molar-refractivity contribution is 0.101. The largest absolute Gasteiger partial charge is 0.359 e. The van der Waals surface area contributed by atoms with Gasteiger partial charge in [-0.25, -0.2) is 0 Å². The van der Waals surface area contributed by atoms with Crippen molar-refractivity contribution in [2.75, 3.05) is 5.75 Å². The van der Waals surface area contributed by atoms with E-state index < -0.39 is 0 Å². The highest BCUT2D eigenvalue weighted by Crippen LogP contribution is 2.20. The lowest BCUT2D eigenvalue weighted by atomic mass is 10.1. The molecule has 0 unspecified atom stereocenters. The molecule has 6 nitrogen and oxygen atoms in total. The van der Waals surface area contributed by atoms with Crippen LogP contribution < -0.4 is 0 Å². The van der Waals surface area contributed by atoms with E-state index in [1.54, 1.807) is 16.9 Å². The minimum atomic E-state index is 0.0227. The molecule has 0 atom stereocenters. The average molecular weight is 341 g/mol. The summed E-state index contributed by atoms with van der Waals surface area (Å²) < 4.78 is 1.66. The smallest absolute Gasteiger partial charge is 0.214 e. The van der Waals surface area contributed by atoms with E-state index in [0.717, 1.165) is 12.1 Å². The van der Waals surface area contributed by atoms with Crippen molar-refractivity contribution in [3.8, 4) is 5.69 Å². The number of Topliss-reactive ketones (excluding diaryl/α,β-unsaturated/α-hetero) is 1. The maximum atomic E-state index is 12.1. The molecule has 0 spiro atoms. The van der Waals surface area contributed by atoms with Crippen LogP contribution in [0.4, 0.5) is 0 Å². The van der Waals surface area contributed by atoms with E-state index in [9.17, 15) is 4.79 Å². The average Bonchev–Trinajstić information content (AvgIpc) is 3.30. The topological polar surface area (TPSA) is 76.5 Å². The van der Waals surface area contributed by atoms with Gasteiger partial charge < -0.3 is 4.98 Å². The number of tetrazole rings is 1. The van der Waals surface area contributed by atoms with Crippen molar-refractivity contribution in [1.82, 2.24) is 25.2 Å². The van der Waals surface area contributed by atoms with Gasteiger partial charge in [-0.2, -0.15) is 4.68 Å². The molecule has 0 saturated carbocycles. The molecule has 0 bridgehead atoms. The van der Waals surface area contributed by atoms with Crippen molar-refractivity contribution in [2.24, 2.45) is 0 Å². The second kappa shape index (κ2) is 7.92. The highest BCUT2D eigenvalue weighted by Gasteiger charge is 2.13. The third kappa shape index (κ3) is 3.91. The van der Waals surface area contributed by atoms with Crippen LogP contribution >= 0.6 is 11.8 Å². The van der Waals surface area contributed by atoms with Crippen LogP contribution in [0, 0.1) is 0 Å². The fourth-order valence-corrected chi connectivity index (χ4v) is 3.10. The number of nitrogens with zero attached hydrogens (tertiary/aromatic N) is 4. The molecule has 0 aliphatic heterocycles. The van der Waals surface area contributed by atoms with Gasteiger partial charge in [-0.15, -0.1) is 5.10 Å². The monoisotopic (exact) mass is 341 g/mol. The van der Waals surface area contributed by atoms with Gasteiger partial charge in [0.05, 0.1) is 17.1 Å². The molecule has 0 fully saturated rings. The number of benzene rings is 1. The molecule has 0 aliphatic rings. The number of rotatable bonds is 8. The number of H-pyrrole nitrogens is 1. The molecule has 124 valence electrons. The van der Waals surface area contributed by atoms with Crippen LogP contribution in [0.2, 0.25) is 0 Å². The number of aromatic amines is 1. The minimum absolute atomic E-state index is 0.0227. The number of aromatic nitrogens is 5. The highest BCUT2D eigenvalue weighted by atomic mass is 32.2. The van der Waals surface area contributed by atoms with Gasteiger partial charge in [0.15, 0.2) is 5.78 Å². The van der Waals surface area contributed by atoms with E-state index in [0.29, 0.717) is 10.9 Å². The first kappa shape index (κ1) is 16.4. The molecule has 3 rings (SSSR count). The Labute approximate surface area is 144 Å². The summed E-state index contributed by atoms with van der Waals surface area (Å²) in [4.78, 5) is 15.0. The second-order valence-corrected chi connectivity index (χ2v) is 6.38. The van der Waals surface area contributed by atoms with Crippen LogP contribution in [0.1, 0.15) is 35.8 Å². The van der Waals surface area contributed by atoms with Crippen LogP contribution in [-0.2, 0) is 6.42 Å². The van der Waals surface area contributed by atoms with Gasteiger partial charge in [0.2, 0.25) is 5.16 Å².